The molecule has 26 heavy (non-hydrogen) atoms. The van der Waals surface area contributed by atoms with Crippen LogP contribution in [-0.4, -0.2) is 50.1 Å². The topological polar surface area (TPSA) is 75.7 Å². The molecule has 0 saturated carbocycles. The second kappa shape index (κ2) is 9.37. The molecule has 1 heterocycles. The predicted octanol–water partition coefficient (Wildman–Crippen LogP) is 2.51. The third-order valence-electron chi connectivity index (χ3n) is 5.00. The van der Waals surface area contributed by atoms with Crippen LogP contribution in [0.25, 0.3) is 0 Å². The first kappa shape index (κ1) is 20.7. The monoisotopic (exact) mass is 382 g/mol. The number of hydrogen-bond acceptors (Lipinski definition) is 4. The molecule has 2 rings (SSSR count). The lowest BCUT2D eigenvalue weighted by Crippen LogP contribution is -2.47. The molecule has 0 unspecified atom stereocenters. The number of nitrogens with zero attached hydrogens (tertiary/aromatic N) is 1. The highest BCUT2D eigenvalue weighted by molar-refractivity contribution is 7.89. The van der Waals surface area contributed by atoms with E-state index in [-0.39, 0.29) is 24.3 Å². The smallest absolute Gasteiger partial charge is 0.258 e. The highest BCUT2D eigenvalue weighted by Crippen LogP contribution is 2.28. The minimum atomic E-state index is -3.14. The fourth-order valence-corrected chi connectivity index (χ4v) is 4.24. The van der Waals surface area contributed by atoms with Crippen molar-refractivity contribution in [2.75, 3.05) is 25.4 Å². The fraction of sp³-hybridized carbons (Fsp3) is 0.632. The number of piperidine rings is 1. The Morgan fingerprint density at radius 3 is 2.54 bits per heavy atom. The summed E-state index contributed by atoms with van der Waals surface area (Å²) in [6, 6.07) is 7.81. The van der Waals surface area contributed by atoms with Crippen molar-refractivity contribution in [3.63, 3.8) is 0 Å². The Hall–Kier alpha value is -1.60. The molecule has 0 radical (unpaired) electrons. The molecule has 1 aliphatic heterocycles. The number of para-hydroxylation sites is 1. The van der Waals surface area contributed by atoms with Crippen LogP contribution in [-0.2, 0) is 14.8 Å². The molecule has 0 aliphatic carbocycles. The van der Waals surface area contributed by atoms with E-state index in [0.29, 0.717) is 31.8 Å². The van der Waals surface area contributed by atoms with Crippen molar-refractivity contribution in [2.45, 2.75) is 52.0 Å². The number of benzene rings is 1. The summed E-state index contributed by atoms with van der Waals surface area (Å²) >= 11 is 0. The molecule has 1 aromatic carbocycles. The summed E-state index contributed by atoms with van der Waals surface area (Å²) in [5.74, 6) is 1.08. The van der Waals surface area contributed by atoms with E-state index in [1.54, 1.807) is 6.92 Å². The van der Waals surface area contributed by atoms with Crippen molar-refractivity contribution >= 4 is 15.9 Å². The number of amides is 1. The van der Waals surface area contributed by atoms with Gasteiger partial charge in [-0.25, -0.2) is 12.7 Å². The van der Waals surface area contributed by atoms with E-state index in [0.717, 1.165) is 17.7 Å². The van der Waals surface area contributed by atoms with Gasteiger partial charge in [-0.05, 0) is 43.7 Å². The minimum Gasteiger partial charge on any atom is -0.483 e. The molecule has 0 aromatic heterocycles. The molecule has 1 saturated heterocycles. The van der Waals surface area contributed by atoms with Crippen LogP contribution < -0.4 is 10.1 Å². The van der Waals surface area contributed by atoms with E-state index >= 15 is 0 Å². The Balaban J connectivity index is 1.82. The van der Waals surface area contributed by atoms with Crippen LogP contribution in [0.5, 0.6) is 5.75 Å². The van der Waals surface area contributed by atoms with Crippen molar-refractivity contribution in [2.24, 2.45) is 0 Å². The molecule has 0 bridgehead atoms. The summed E-state index contributed by atoms with van der Waals surface area (Å²) in [6.45, 7) is 6.80. The van der Waals surface area contributed by atoms with Crippen molar-refractivity contribution in [3.05, 3.63) is 29.8 Å². The number of ether oxygens (including phenoxy) is 1. The largest absolute Gasteiger partial charge is 0.483 e. The molecule has 6 nitrogen and oxygen atoms in total. The van der Waals surface area contributed by atoms with E-state index in [4.69, 9.17) is 4.74 Å². The van der Waals surface area contributed by atoms with Gasteiger partial charge in [0.15, 0.2) is 6.61 Å². The van der Waals surface area contributed by atoms with E-state index in [9.17, 15) is 13.2 Å². The molecule has 1 atom stereocenters. The maximum absolute atomic E-state index is 12.2. The lowest BCUT2D eigenvalue weighted by Gasteiger charge is -2.31. The normalized spacial score (nSPS) is 17.7. The third-order valence-corrected chi connectivity index (χ3v) is 6.88. The van der Waals surface area contributed by atoms with Gasteiger partial charge in [-0.15, -0.1) is 0 Å². The summed E-state index contributed by atoms with van der Waals surface area (Å²) < 4.78 is 31.0. The number of nitrogens with one attached hydrogen (secondary N) is 1. The second-order valence-corrected chi connectivity index (χ2v) is 9.03. The van der Waals surface area contributed by atoms with Gasteiger partial charge in [-0.3, -0.25) is 4.79 Å². The maximum atomic E-state index is 12.2. The first-order valence-corrected chi connectivity index (χ1v) is 11.0. The Morgan fingerprint density at radius 2 is 1.92 bits per heavy atom. The molecule has 1 N–H and O–H groups in total. The zero-order chi connectivity index (χ0) is 19.2. The highest BCUT2D eigenvalue weighted by atomic mass is 32.2. The van der Waals surface area contributed by atoms with Gasteiger partial charge in [-0.1, -0.05) is 32.0 Å². The first-order chi connectivity index (χ1) is 12.4. The summed E-state index contributed by atoms with van der Waals surface area (Å²) in [5.41, 5.74) is 1.11. The maximum Gasteiger partial charge on any atom is 0.258 e. The van der Waals surface area contributed by atoms with E-state index in [1.807, 2.05) is 24.3 Å². The molecule has 1 aromatic rings. The molecule has 7 heteroatoms. The molecule has 1 amide bonds. The highest BCUT2D eigenvalue weighted by Gasteiger charge is 2.27. The van der Waals surface area contributed by atoms with Crippen molar-refractivity contribution in [1.82, 2.24) is 9.62 Å². The minimum absolute atomic E-state index is 0.000727. The van der Waals surface area contributed by atoms with E-state index in [1.165, 1.54) is 4.31 Å². The van der Waals surface area contributed by atoms with Gasteiger partial charge in [0.2, 0.25) is 10.0 Å². The number of sulfonamides is 1. The van der Waals surface area contributed by atoms with Gasteiger partial charge < -0.3 is 10.1 Å². The average Bonchev–Trinajstić information content (AvgIpc) is 2.66. The third kappa shape index (κ3) is 5.45. The Bertz CT molecular complexity index is 697. The first-order valence-electron chi connectivity index (χ1n) is 9.36. The molecule has 146 valence electrons. The predicted molar refractivity (Wildman–Crippen MR) is 103 cm³/mol. The van der Waals surface area contributed by atoms with Gasteiger partial charge in [0, 0.05) is 19.1 Å². The van der Waals surface area contributed by atoms with Crippen LogP contribution in [0.3, 0.4) is 0 Å². The Kier molecular flexibility index (Phi) is 7.46. The summed E-state index contributed by atoms with van der Waals surface area (Å²) in [5, 5.41) is 2.96. The molecular formula is C19H30N2O4S. The van der Waals surface area contributed by atoms with Crippen molar-refractivity contribution < 1.29 is 17.9 Å². The van der Waals surface area contributed by atoms with Crippen LogP contribution in [0.4, 0.5) is 0 Å². The molecular weight excluding hydrogens is 352 g/mol. The molecule has 1 fully saturated rings. The van der Waals surface area contributed by atoms with Crippen molar-refractivity contribution in [1.29, 1.82) is 0 Å². The lowest BCUT2D eigenvalue weighted by molar-refractivity contribution is -0.124. The average molecular weight is 383 g/mol. The Labute approximate surface area is 157 Å². The van der Waals surface area contributed by atoms with Crippen molar-refractivity contribution in [3.8, 4) is 5.75 Å². The Morgan fingerprint density at radius 1 is 1.27 bits per heavy atom. The zero-order valence-electron chi connectivity index (χ0n) is 15.9. The van der Waals surface area contributed by atoms with Crippen LogP contribution >= 0.6 is 0 Å². The quantitative estimate of drug-likeness (QED) is 0.750. The van der Waals surface area contributed by atoms with Crippen LogP contribution in [0.15, 0.2) is 24.3 Å². The summed E-state index contributed by atoms with van der Waals surface area (Å²) in [4.78, 5) is 12.2. The van der Waals surface area contributed by atoms with Gasteiger partial charge in [0.05, 0.1) is 5.75 Å². The number of carbonyl (C=O) groups excluding carboxylic acids is 1. The SMILES string of the molecule is CC[C@@H](C)c1ccccc1OCC(=O)NC1CCN(S(=O)(=O)CC)CC1. The summed E-state index contributed by atoms with van der Waals surface area (Å²) in [6.07, 6.45) is 2.27. The van der Waals surface area contributed by atoms with Gasteiger partial charge in [-0.2, -0.15) is 0 Å². The molecule has 1 aliphatic rings. The van der Waals surface area contributed by atoms with Crippen LogP contribution in [0.2, 0.25) is 0 Å². The van der Waals surface area contributed by atoms with Crippen LogP contribution in [0, 0.1) is 0 Å². The standard InChI is InChI=1S/C19H30N2O4S/c1-4-15(3)17-8-6-7-9-18(17)25-14-19(22)20-16-10-12-21(13-11-16)26(23,24)5-2/h6-9,15-16H,4-5,10-14H2,1-3H3,(H,20,22)/t15-/m1/s1. The van der Waals surface area contributed by atoms with Gasteiger partial charge in [0.1, 0.15) is 5.75 Å². The van der Waals surface area contributed by atoms with Gasteiger partial charge in [0.25, 0.3) is 5.91 Å². The fourth-order valence-electron chi connectivity index (χ4n) is 3.11. The van der Waals surface area contributed by atoms with Crippen LogP contribution in [0.1, 0.15) is 51.5 Å². The number of rotatable bonds is 8. The number of carbonyl (C=O) groups is 1. The van der Waals surface area contributed by atoms with E-state index < -0.39 is 10.0 Å². The van der Waals surface area contributed by atoms with Gasteiger partial charge >= 0.3 is 0 Å². The number of hydrogen-bond donors (Lipinski definition) is 1. The summed E-state index contributed by atoms with van der Waals surface area (Å²) in [7, 11) is -3.14. The second-order valence-electron chi connectivity index (χ2n) is 6.78. The zero-order valence-corrected chi connectivity index (χ0v) is 16.7. The lowest BCUT2D eigenvalue weighted by atomic mass is 9.98. The van der Waals surface area contributed by atoms with E-state index in [2.05, 4.69) is 19.2 Å². The molecule has 0 spiro atoms.